The quantitative estimate of drug-likeness (QED) is 0.685. The Hall–Kier alpha value is -0.0400. The van der Waals surface area contributed by atoms with Gasteiger partial charge in [-0.15, -0.1) is 0 Å². The van der Waals surface area contributed by atoms with Crippen molar-refractivity contribution in [3.8, 4) is 0 Å². The van der Waals surface area contributed by atoms with Gasteiger partial charge in [-0.2, -0.15) is 0 Å². The monoisotopic (exact) mass is 209 g/mol. The second-order valence-corrected chi connectivity index (χ2v) is 5.58. The molecule has 88 valence electrons. The molecule has 0 amide bonds. The van der Waals surface area contributed by atoms with Crippen LogP contribution in [-0.4, -0.2) is 24.0 Å². The molecule has 0 spiro atoms. The topological polar surface area (TPSA) is 3.24 Å². The van der Waals surface area contributed by atoms with Crippen LogP contribution in [0.1, 0.15) is 58.8 Å². The lowest BCUT2D eigenvalue weighted by Gasteiger charge is -2.31. The Kier molecular flexibility index (Phi) is 4.07. The highest BCUT2D eigenvalue weighted by molar-refractivity contribution is 4.87. The maximum Gasteiger partial charge on any atom is 0.00954 e. The molecule has 1 aliphatic heterocycles. The first-order chi connectivity index (χ1) is 7.35. The molecule has 1 heteroatoms. The zero-order chi connectivity index (χ0) is 10.7. The first kappa shape index (κ1) is 11.4. The maximum atomic E-state index is 2.82. The minimum Gasteiger partial charge on any atom is -0.300 e. The zero-order valence-electron chi connectivity index (χ0n) is 10.5. The van der Waals surface area contributed by atoms with E-state index in [2.05, 4.69) is 18.7 Å². The SMILES string of the molecule is CC[C@H]1CN(C2CCCCC2)C[C@@H]1CC. The largest absolute Gasteiger partial charge is 0.300 e. The fourth-order valence-electron chi connectivity index (χ4n) is 3.64. The fourth-order valence-corrected chi connectivity index (χ4v) is 3.64. The molecule has 1 nitrogen and oxygen atoms in total. The second kappa shape index (κ2) is 5.34. The summed E-state index contributed by atoms with van der Waals surface area (Å²) in [6.45, 7) is 7.55. The summed E-state index contributed by atoms with van der Waals surface area (Å²) in [5.74, 6) is 1.99. The van der Waals surface area contributed by atoms with Crippen molar-refractivity contribution in [1.29, 1.82) is 0 Å². The molecule has 0 aromatic carbocycles. The summed E-state index contributed by atoms with van der Waals surface area (Å²) in [4.78, 5) is 2.82. The van der Waals surface area contributed by atoms with E-state index in [0.717, 1.165) is 17.9 Å². The van der Waals surface area contributed by atoms with Gasteiger partial charge >= 0.3 is 0 Å². The van der Waals surface area contributed by atoms with E-state index in [-0.39, 0.29) is 0 Å². The van der Waals surface area contributed by atoms with Crippen LogP contribution in [0.3, 0.4) is 0 Å². The van der Waals surface area contributed by atoms with Gasteiger partial charge in [-0.3, -0.25) is 4.90 Å². The molecule has 1 heterocycles. The number of likely N-dealkylation sites (tertiary alicyclic amines) is 1. The van der Waals surface area contributed by atoms with Crippen LogP contribution in [0.4, 0.5) is 0 Å². The van der Waals surface area contributed by atoms with Crippen molar-refractivity contribution in [2.75, 3.05) is 13.1 Å². The molecule has 0 aromatic heterocycles. The van der Waals surface area contributed by atoms with E-state index < -0.39 is 0 Å². The molecule has 2 atom stereocenters. The molecule has 2 aliphatic rings. The van der Waals surface area contributed by atoms with Gasteiger partial charge in [-0.1, -0.05) is 46.0 Å². The molecular weight excluding hydrogens is 182 g/mol. The van der Waals surface area contributed by atoms with E-state index >= 15 is 0 Å². The molecule has 0 aromatic rings. The minimum atomic E-state index is 0.948. The molecule has 0 bridgehead atoms. The lowest BCUT2D eigenvalue weighted by Crippen LogP contribution is -2.35. The van der Waals surface area contributed by atoms with Crippen LogP contribution in [0.25, 0.3) is 0 Å². The van der Waals surface area contributed by atoms with Crippen LogP contribution in [0.15, 0.2) is 0 Å². The van der Waals surface area contributed by atoms with E-state index in [1.54, 1.807) is 0 Å². The van der Waals surface area contributed by atoms with Gasteiger partial charge in [0.2, 0.25) is 0 Å². The van der Waals surface area contributed by atoms with Crippen LogP contribution in [-0.2, 0) is 0 Å². The molecule has 1 saturated carbocycles. The summed E-state index contributed by atoms with van der Waals surface area (Å²) in [6, 6.07) is 0.948. The minimum absolute atomic E-state index is 0.948. The van der Waals surface area contributed by atoms with Crippen LogP contribution < -0.4 is 0 Å². The van der Waals surface area contributed by atoms with Gasteiger partial charge in [-0.05, 0) is 24.7 Å². The number of rotatable bonds is 3. The maximum absolute atomic E-state index is 2.82. The lowest BCUT2D eigenvalue weighted by atomic mass is 9.92. The van der Waals surface area contributed by atoms with Crippen molar-refractivity contribution in [2.45, 2.75) is 64.8 Å². The first-order valence-corrected chi connectivity index (χ1v) is 7.09. The first-order valence-electron chi connectivity index (χ1n) is 7.09. The lowest BCUT2D eigenvalue weighted by molar-refractivity contribution is 0.182. The van der Waals surface area contributed by atoms with Crippen molar-refractivity contribution in [3.05, 3.63) is 0 Å². The number of hydrogen-bond donors (Lipinski definition) is 0. The summed E-state index contributed by atoms with van der Waals surface area (Å²) in [5, 5.41) is 0. The smallest absolute Gasteiger partial charge is 0.00954 e. The van der Waals surface area contributed by atoms with Crippen molar-refractivity contribution in [3.63, 3.8) is 0 Å². The van der Waals surface area contributed by atoms with Gasteiger partial charge in [0.05, 0.1) is 0 Å². The van der Waals surface area contributed by atoms with Crippen LogP contribution in [0.2, 0.25) is 0 Å². The van der Waals surface area contributed by atoms with Crippen LogP contribution >= 0.6 is 0 Å². The normalized spacial score (nSPS) is 34.8. The number of hydrogen-bond acceptors (Lipinski definition) is 1. The molecule has 15 heavy (non-hydrogen) atoms. The molecule has 1 aliphatic carbocycles. The van der Waals surface area contributed by atoms with Gasteiger partial charge < -0.3 is 0 Å². The Morgan fingerprint density at radius 1 is 0.867 bits per heavy atom. The third-order valence-corrected chi connectivity index (χ3v) is 4.74. The molecular formula is C14H27N. The van der Waals surface area contributed by atoms with Crippen molar-refractivity contribution < 1.29 is 0 Å². The van der Waals surface area contributed by atoms with E-state index in [1.165, 1.54) is 58.0 Å². The summed E-state index contributed by atoms with van der Waals surface area (Å²) in [6.07, 6.45) is 10.2. The molecule has 2 fully saturated rings. The molecule has 1 saturated heterocycles. The van der Waals surface area contributed by atoms with Crippen molar-refractivity contribution in [2.24, 2.45) is 11.8 Å². The van der Waals surface area contributed by atoms with Crippen LogP contribution in [0, 0.1) is 11.8 Å². The van der Waals surface area contributed by atoms with Crippen molar-refractivity contribution in [1.82, 2.24) is 4.90 Å². The van der Waals surface area contributed by atoms with Crippen molar-refractivity contribution >= 4 is 0 Å². The summed E-state index contributed by atoms with van der Waals surface area (Å²) >= 11 is 0. The third-order valence-electron chi connectivity index (χ3n) is 4.74. The van der Waals surface area contributed by atoms with Gasteiger partial charge in [0, 0.05) is 19.1 Å². The average molecular weight is 209 g/mol. The van der Waals surface area contributed by atoms with E-state index in [1.807, 2.05) is 0 Å². The Morgan fingerprint density at radius 2 is 1.40 bits per heavy atom. The number of nitrogens with zero attached hydrogens (tertiary/aromatic N) is 1. The van der Waals surface area contributed by atoms with Gasteiger partial charge in [-0.25, -0.2) is 0 Å². The Labute approximate surface area is 95.2 Å². The summed E-state index contributed by atoms with van der Waals surface area (Å²) in [7, 11) is 0. The Bertz CT molecular complexity index is 172. The molecule has 2 rings (SSSR count). The van der Waals surface area contributed by atoms with Crippen LogP contribution in [0.5, 0.6) is 0 Å². The fraction of sp³-hybridized carbons (Fsp3) is 1.00. The highest BCUT2D eigenvalue weighted by Gasteiger charge is 2.34. The highest BCUT2D eigenvalue weighted by Crippen LogP contribution is 2.33. The van der Waals surface area contributed by atoms with E-state index in [4.69, 9.17) is 0 Å². The highest BCUT2D eigenvalue weighted by atomic mass is 15.2. The molecule has 0 unspecified atom stereocenters. The third kappa shape index (κ3) is 2.55. The van der Waals surface area contributed by atoms with E-state index in [9.17, 15) is 0 Å². The van der Waals surface area contributed by atoms with E-state index in [0.29, 0.717) is 0 Å². The summed E-state index contributed by atoms with van der Waals surface area (Å²) in [5.41, 5.74) is 0. The predicted octanol–water partition coefficient (Wildman–Crippen LogP) is 3.69. The Morgan fingerprint density at radius 3 is 1.87 bits per heavy atom. The van der Waals surface area contributed by atoms with Gasteiger partial charge in [0.15, 0.2) is 0 Å². The molecule has 0 N–H and O–H groups in total. The van der Waals surface area contributed by atoms with Gasteiger partial charge in [0.25, 0.3) is 0 Å². The molecule has 0 radical (unpaired) electrons. The standard InChI is InChI=1S/C14H27N/c1-3-12-10-15(11-13(12)4-2)14-8-6-5-7-9-14/h12-14H,3-11H2,1-2H3/t12-,13-/m0/s1. The Balaban J connectivity index is 1.88. The van der Waals surface area contributed by atoms with Gasteiger partial charge in [0.1, 0.15) is 0 Å². The predicted molar refractivity (Wildman–Crippen MR) is 66.0 cm³/mol. The zero-order valence-corrected chi connectivity index (χ0v) is 10.5. The summed E-state index contributed by atoms with van der Waals surface area (Å²) < 4.78 is 0. The average Bonchev–Trinajstić information content (AvgIpc) is 2.73. The second-order valence-electron chi connectivity index (χ2n) is 5.58.